The highest BCUT2D eigenvalue weighted by Crippen LogP contribution is 2.62. The monoisotopic (exact) mass is 346 g/mol. The van der Waals surface area contributed by atoms with Gasteiger partial charge in [-0.05, 0) is 61.3 Å². The molecule has 2 aliphatic carbocycles. The highest BCUT2D eigenvalue weighted by Gasteiger charge is 2.55. The van der Waals surface area contributed by atoms with Crippen molar-refractivity contribution in [2.24, 2.45) is 22.7 Å². The second-order valence-electron chi connectivity index (χ2n) is 8.51. The third-order valence-electron chi connectivity index (χ3n) is 7.32. The van der Waals surface area contributed by atoms with Crippen molar-refractivity contribution in [3.8, 4) is 0 Å². The summed E-state index contributed by atoms with van der Waals surface area (Å²) >= 11 is 0. The molecule has 1 aliphatic heterocycles. The Bertz CT molecular complexity index is 632. The molecule has 3 aliphatic rings. The second kappa shape index (κ2) is 6.62. The first kappa shape index (κ1) is 18.2. The van der Waals surface area contributed by atoms with E-state index in [-0.39, 0.29) is 22.8 Å². The number of esters is 2. The Kier molecular flexibility index (Phi) is 4.82. The molecular formula is C21H30O4. The number of fused-ring (bicyclic) bond motifs is 1. The van der Waals surface area contributed by atoms with E-state index in [1.165, 1.54) is 7.11 Å². The number of hydrogen-bond donors (Lipinski definition) is 0. The van der Waals surface area contributed by atoms with Crippen LogP contribution in [-0.2, 0) is 19.1 Å². The molecule has 4 atom stereocenters. The fourth-order valence-electron chi connectivity index (χ4n) is 5.52. The van der Waals surface area contributed by atoms with E-state index in [0.717, 1.165) is 49.7 Å². The van der Waals surface area contributed by atoms with Crippen LogP contribution in [0.15, 0.2) is 23.3 Å². The van der Waals surface area contributed by atoms with Crippen LogP contribution in [0.5, 0.6) is 0 Å². The highest BCUT2D eigenvalue weighted by atomic mass is 16.5. The van der Waals surface area contributed by atoms with E-state index in [0.29, 0.717) is 18.4 Å². The van der Waals surface area contributed by atoms with Gasteiger partial charge in [-0.1, -0.05) is 26.8 Å². The fraction of sp³-hybridized carbons (Fsp3) is 0.714. The normalized spacial score (nSPS) is 37.7. The summed E-state index contributed by atoms with van der Waals surface area (Å²) in [6.45, 7) is 7.43. The minimum Gasteiger partial charge on any atom is -0.466 e. The Labute approximate surface area is 150 Å². The van der Waals surface area contributed by atoms with Crippen molar-refractivity contribution in [2.45, 2.75) is 59.3 Å². The topological polar surface area (TPSA) is 52.6 Å². The molecule has 0 aromatic carbocycles. The van der Waals surface area contributed by atoms with Crippen molar-refractivity contribution in [2.75, 3.05) is 13.7 Å². The third kappa shape index (κ3) is 3.04. The van der Waals surface area contributed by atoms with Gasteiger partial charge in [-0.2, -0.15) is 0 Å². The van der Waals surface area contributed by atoms with E-state index in [4.69, 9.17) is 9.47 Å². The van der Waals surface area contributed by atoms with Gasteiger partial charge in [0.1, 0.15) is 6.61 Å². The number of cyclic esters (lactones) is 1. The maximum Gasteiger partial charge on any atom is 0.333 e. The summed E-state index contributed by atoms with van der Waals surface area (Å²) in [5.74, 6) is 0.680. The summed E-state index contributed by atoms with van der Waals surface area (Å²) in [5, 5.41) is 0. The zero-order chi connectivity index (χ0) is 18.2. The summed E-state index contributed by atoms with van der Waals surface area (Å²) in [4.78, 5) is 23.7. The summed E-state index contributed by atoms with van der Waals surface area (Å²) < 4.78 is 10.1. The van der Waals surface area contributed by atoms with Crippen LogP contribution < -0.4 is 0 Å². The largest absolute Gasteiger partial charge is 0.466 e. The van der Waals surface area contributed by atoms with Crippen LogP contribution in [0.2, 0.25) is 0 Å². The Morgan fingerprint density at radius 1 is 1.36 bits per heavy atom. The Morgan fingerprint density at radius 3 is 2.76 bits per heavy atom. The molecule has 4 unspecified atom stereocenters. The summed E-state index contributed by atoms with van der Waals surface area (Å²) in [6, 6.07) is 0. The molecule has 0 bridgehead atoms. The molecule has 3 rings (SSSR count). The van der Waals surface area contributed by atoms with Crippen LogP contribution in [0.3, 0.4) is 0 Å². The molecule has 4 nitrogen and oxygen atoms in total. The summed E-state index contributed by atoms with van der Waals surface area (Å²) in [5.41, 5.74) is 2.02. The SMILES string of the molecule is COC(=O)C1=CCCC2C1(C)CCC(C)C2(C)CCC1=CC(=O)OC1. The molecule has 0 amide bonds. The minimum absolute atomic E-state index is 0.108. The molecule has 25 heavy (non-hydrogen) atoms. The van der Waals surface area contributed by atoms with Gasteiger partial charge in [-0.15, -0.1) is 0 Å². The van der Waals surface area contributed by atoms with Gasteiger partial charge in [-0.25, -0.2) is 9.59 Å². The maximum atomic E-state index is 12.4. The van der Waals surface area contributed by atoms with Crippen molar-refractivity contribution in [1.29, 1.82) is 0 Å². The standard InChI is InChI=1S/C21H30O4/c1-14-8-10-21(3)16(19(23)24-4)6-5-7-17(21)20(14,2)11-9-15-12-18(22)25-13-15/h6,12,14,17H,5,7-11,13H2,1-4H3. The lowest BCUT2D eigenvalue weighted by molar-refractivity contribution is -0.140. The number of carbonyl (C=O) groups is 2. The van der Waals surface area contributed by atoms with Crippen molar-refractivity contribution in [3.63, 3.8) is 0 Å². The maximum absolute atomic E-state index is 12.4. The van der Waals surface area contributed by atoms with E-state index >= 15 is 0 Å². The number of allylic oxidation sites excluding steroid dienone is 1. The quantitative estimate of drug-likeness (QED) is 0.716. The molecule has 0 aromatic heterocycles. The van der Waals surface area contributed by atoms with Gasteiger partial charge >= 0.3 is 11.9 Å². The van der Waals surface area contributed by atoms with Gasteiger partial charge in [0.15, 0.2) is 0 Å². The predicted octanol–water partition coefficient (Wildman–Crippen LogP) is 4.20. The van der Waals surface area contributed by atoms with Crippen LogP contribution in [0.25, 0.3) is 0 Å². The first-order valence-corrected chi connectivity index (χ1v) is 9.46. The number of rotatable bonds is 4. The van der Waals surface area contributed by atoms with E-state index < -0.39 is 0 Å². The van der Waals surface area contributed by atoms with Gasteiger partial charge in [0, 0.05) is 17.1 Å². The molecule has 0 N–H and O–H groups in total. The highest BCUT2D eigenvalue weighted by molar-refractivity contribution is 5.90. The van der Waals surface area contributed by atoms with Gasteiger partial charge in [0.05, 0.1) is 7.11 Å². The lowest BCUT2D eigenvalue weighted by Gasteiger charge is -2.57. The molecule has 1 saturated carbocycles. The molecule has 0 saturated heterocycles. The summed E-state index contributed by atoms with van der Waals surface area (Å²) in [7, 11) is 1.48. The molecule has 4 heteroatoms. The molecule has 0 spiro atoms. The summed E-state index contributed by atoms with van der Waals surface area (Å²) in [6.07, 6.45) is 9.90. The van der Waals surface area contributed by atoms with Gasteiger partial charge in [-0.3, -0.25) is 0 Å². The number of carbonyl (C=O) groups excluding carboxylic acids is 2. The molecule has 0 aromatic rings. The fourth-order valence-corrected chi connectivity index (χ4v) is 5.52. The average molecular weight is 346 g/mol. The van der Waals surface area contributed by atoms with Crippen molar-refractivity contribution < 1.29 is 19.1 Å². The Balaban J connectivity index is 1.85. The Morgan fingerprint density at radius 2 is 2.12 bits per heavy atom. The van der Waals surface area contributed by atoms with Crippen LogP contribution in [0, 0.1) is 22.7 Å². The van der Waals surface area contributed by atoms with Gasteiger partial charge < -0.3 is 9.47 Å². The van der Waals surface area contributed by atoms with Gasteiger partial charge in [0.2, 0.25) is 0 Å². The van der Waals surface area contributed by atoms with Crippen LogP contribution >= 0.6 is 0 Å². The zero-order valence-electron chi connectivity index (χ0n) is 15.9. The predicted molar refractivity (Wildman–Crippen MR) is 95.7 cm³/mol. The van der Waals surface area contributed by atoms with E-state index in [1.807, 2.05) is 0 Å². The molecule has 1 heterocycles. The van der Waals surface area contributed by atoms with E-state index in [2.05, 4.69) is 26.8 Å². The van der Waals surface area contributed by atoms with Crippen molar-refractivity contribution >= 4 is 11.9 Å². The zero-order valence-corrected chi connectivity index (χ0v) is 15.9. The number of ether oxygens (including phenoxy) is 2. The lowest BCUT2D eigenvalue weighted by Crippen LogP contribution is -2.51. The lowest BCUT2D eigenvalue weighted by atomic mass is 9.46. The smallest absolute Gasteiger partial charge is 0.333 e. The van der Waals surface area contributed by atoms with Crippen molar-refractivity contribution in [1.82, 2.24) is 0 Å². The molecule has 1 fully saturated rings. The molecule has 138 valence electrons. The number of hydrogen-bond acceptors (Lipinski definition) is 4. The molecule has 0 radical (unpaired) electrons. The van der Waals surface area contributed by atoms with Crippen LogP contribution in [-0.4, -0.2) is 25.7 Å². The average Bonchev–Trinajstić information content (AvgIpc) is 3.01. The van der Waals surface area contributed by atoms with Crippen LogP contribution in [0.4, 0.5) is 0 Å². The van der Waals surface area contributed by atoms with Crippen LogP contribution in [0.1, 0.15) is 59.3 Å². The van der Waals surface area contributed by atoms with Gasteiger partial charge in [0.25, 0.3) is 0 Å². The molecular weight excluding hydrogens is 316 g/mol. The second-order valence-corrected chi connectivity index (χ2v) is 8.51. The van der Waals surface area contributed by atoms with E-state index in [1.54, 1.807) is 6.08 Å². The number of methoxy groups -OCH3 is 1. The first-order chi connectivity index (χ1) is 11.8. The van der Waals surface area contributed by atoms with E-state index in [9.17, 15) is 9.59 Å². The first-order valence-electron chi connectivity index (χ1n) is 9.46. The minimum atomic E-state index is -0.213. The van der Waals surface area contributed by atoms with Crippen molar-refractivity contribution in [3.05, 3.63) is 23.3 Å². The third-order valence-corrected chi connectivity index (χ3v) is 7.32. The Hall–Kier alpha value is -1.58.